The van der Waals surface area contributed by atoms with Crippen molar-refractivity contribution in [1.82, 2.24) is 20.2 Å². The Kier molecular flexibility index (Phi) is 3.25. The maximum Gasteiger partial charge on any atom is 0.345 e. The first-order chi connectivity index (χ1) is 10.8. The normalized spacial score (nSPS) is 16.2. The van der Waals surface area contributed by atoms with Gasteiger partial charge in [-0.3, -0.25) is 5.10 Å². The number of hydrogen-bond acceptors (Lipinski definition) is 3. The van der Waals surface area contributed by atoms with E-state index in [1.807, 2.05) is 24.3 Å². The number of benzene rings is 1. The van der Waals surface area contributed by atoms with Gasteiger partial charge in [0.1, 0.15) is 0 Å². The Bertz CT molecular complexity index is 858. The summed E-state index contributed by atoms with van der Waals surface area (Å²) in [5, 5.41) is 7.99. The fourth-order valence-corrected chi connectivity index (χ4v) is 3.36. The van der Waals surface area contributed by atoms with Gasteiger partial charge < -0.3 is 4.98 Å². The van der Waals surface area contributed by atoms with E-state index in [1.54, 1.807) is 6.20 Å². The molecule has 1 aliphatic carbocycles. The molecular weight excluding hydrogens is 276 g/mol. The molecule has 1 saturated carbocycles. The van der Waals surface area contributed by atoms with Crippen molar-refractivity contribution < 1.29 is 0 Å². The van der Waals surface area contributed by atoms with E-state index in [0.717, 1.165) is 40.7 Å². The Morgan fingerprint density at radius 1 is 1.09 bits per heavy atom. The highest BCUT2D eigenvalue weighted by molar-refractivity contribution is 5.83. The fourth-order valence-electron chi connectivity index (χ4n) is 3.36. The molecule has 1 fully saturated rings. The van der Waals surface area contributed by atoms with Crippen LogP contribution in [0.2, 0.25) is 0 Å². The van der Waals surface area contributed by atoms with E-state index in [9.17, 15) is 4.79 Å². The van der Waals surface area contributed by atoms with Gasteiger partial charge in [0.25, 0.3) is 0 Å². The van der Waals surface area contributed by atoms with Crippen LogP contribution in [0.1, 0.15) is 43.7 Å². The summed E-state index contributed by atoms with van der Waals surface area (Å²) in [6.45, 7) is 0. The van der Waals surface area contributed by atoms with Gasteiger partial charge in [-0.15, -0.1) is 0 Å². The summed E-state index contributed by atoms with van der Waals surface area (Å²) in [6.07, 6.45) is 7.88. The average Bonchev–Trinajstić information content (AvgIpc) is 3.02. The number of fused-ring (bicyclic) bond motifs is 1. The lowest BCUT2D eigenvalue weighted by atomic mass is 9.86. The van der Waals surface area contributed by atoms with Crippen LogP contribution in [0.5, 0.6) is 0 Å². The lowest BCUT2D eigenvalue weighted by Gasteiger charge is -2.21. The minimum absolute atomic E-state index is 0.259. The number of nitrogens with zero attached hydrogens (tertiary/aromatic N) is 2. The first kappa shape index (κ1) is 13.2. The molecule has 2 aromatic heterocycles. The average molecular weight is 294 g/mol. The number of hydrogen-bond donors (Lipinski definition) is 2. The minimum atomic E-state index is -0.259. The fraction of sp³-hybridized carbons (Fsp3) is 0.353. The summed E-state index contributed by atoms with van der Waals surface area (Å²) in [6, 6.07) is 8.01. The topological polar surface area (TPSA) is 74.4 Å². The Labute approximate surface area is 127 Å². The maximum atomic E-state index is 12.0. The largest absolute Gasteiger partial charge is 0.345 e. The van der Waals surface area contributed by atoms with Crippen molar-refractivity contribution >= 4 is 10.9 Å². The molecule has 3 aromatic rings. The molecule has 0 unspecified atom stereocenters. The van der Waals surface area contributed by atoms with Gasteiger partial charge in [0, 0.05) is 16.6 Å². The standard InChI is InChI=1S/C17H18N4O/c22-17-19-15(11-4-2-1-3-5-11)9-16(20-17)12-6-7-14-13(8-12)10-18-21-14/h6-11H,1-5H2,(H,18,21)(H,19,20,22). The lowest BCUT2D eigenvalue weighted by Crippen LogP contribution is -2.17. The van der Waals surface area contributed by atoms with E-state index in [1.165, 1.54) is 19.3 Å². The summed E-state index contributed by atoms with van der Waals surface area (Å²) < 4.78 is 0. The summed E-state index contributed by atoms with van der Waals surface area (Å²) in [5.74, 6) is 0.459. The summed E-state index contributed by atoms with van der Waals surface area (Å²) >= 11 is 0. The van der Waals surface area contributed by atoms with Crippen LogP contribution < -0.4 is 5.69 Å². The zero-order chi connectivity index (χ0) is 14.9. The van der Waals surface area contributed by atoms with Gasteiger partial charge in [0.05, 0.1) is 17.4 Å². The van der Waals surface area contributed by atoms with Crippen LogP contribution in [0, 0.1) is 0 Å². The number of nitrogens with one attached hydrogen (secondary N) is 2. The summed E-state index contributed by atoms with van der Waals surface area (Å²) in [5.41, 5.74) is 3.46. The molecule has 2 N–H and O–H groups in total. The number of aromatic nitrogens is 4. The highest BCUT2D eigenvalue weighted by atomic mass is 16.1. The van der Waals surface area contributed by atoms with Crippen LogP contribution in [0.25, 0.3) is 22.2 Å². The zero-order valence-electron chi connectivity index (χ0n) is 12.3. The molecule has 0 amide bonds. The van der Waals surface area contributed by atoms with Gasteiger partial charge in [-0.1, -0.05) is 25.3 Å². The molecule has 0 atom stereocenters. The molecule has 112 valence electrons. The van der Waals surface area contributed by atoms with E-state index in [-0.39, 0.29) is 5.69 Å². The van der Waals surface area contributed by atoms with Crippen LogP contribution in [-0.4, -0.2) is 20.2 Å². The molecule has 1 aromatic carbocycles. The van der Waals surface area contributed by atoms with Gasteiger partial charge in [0.2, 0.25) is 0 Å². The van der Waals surface area contributed by atoms with Crippen molar-refractivity contribution in [3.63, 3.8) is 0 Å². The smallest absolute Gasteiger partial charge is 0.309 e. The second kappa shape index (κ2) is 5.40. The molecule has 4 rings (SSSR count). The van der Waals surface area contributed by atoms with Crippen molar-refractivity contribution in [1.29, 1.82) is 0 Å². The zero-order valence-corrected chi connectivity index (χ0v) is 12.3. The lowest BCUT2D eigenvalue weighted by molar-refractivity contribution is 0.435. The molecular formula is C17H18N4O. The van der Waals surface area contributed by atoms with E-state index >= 15 is 0 Å². The number of H-pyrrole nitrogens is 2. The van der Waals surface area contributed by atoms with Crippen molar-refractivity contribution in [3.8, 4) is 11.3 Å². The van der Waals surface area contributed by atoms with Crippen LogP contribution in [0.4, 0.5) is 0 Å². The van der Waals surface area contributed by atoms with Gasteiger partial charge in [0.15, 0.2) is 0 Å². The van der Waals surface area contributed by atoms with Crippen LogP contribution in [-0.2, 0) is 0 Å². The molecule has 5 nitrogen and oxygen atoms in total. The Balaban J connectivity index is 1.77. The molecule has 1 aliphatic rings. The third-order valence-electron chi connectivity index (χ3n) is 4.55. The number of rotatable bonds is 2. The van der Waals surface area contributed by atoms with E-state index in [0.29, 0.717) is 5.92 Å². The maximum absolute atomic E-state index is 12.0. The second-order valence-corrected chi connectivity index (χ2v) is 6.03. The minimum Gasteiger partial charge on any atom is -0.309 e. The highest BCUT2D eigenvalue weighted by Crippen LogP contribution is 2.32. The molecule has 2 heterocycles. The van der Waals surface area contributed by atoms with Gasteiger partial charge in [-0.05, 0) is 37.0 Å². The summed E-state index contributed by atoms with van der Waals surface area (Å²) in [7, 11) is 0. The van der Waals surface area contributed by atoms with Crippen molar-refractivity contribution in [2.75, 3.05) is 0 Å². The highest BCUT2D eigenvalue weighted by Gasteiger charge is 2.17. The number of aromatic amines is 2. The monoisotopic (exact) mass is 294 g/mol. The Morgan fingerprint density at radius 3 is 2.82 bits per heavy atom. The van der Waals surface area contributed by atoms with E-state index in [4.69, 9.17) is 0 Å². The Morgan fingerprint density at radius 2 is 1.95 bits per heavy atom. The first-order valence-electron chi connectivity index (χ1n) is 7.84. The molecule has 5 heteroatoms. The van der Waals surface area contributed by atoms with E-state index < -0.39 is 0 Å². The molecule has 22 heavy (non-hydrogen) atoms. The van der Waals surface area contributed by atoms with Crippen molar-refractivity contribution in [3.05, 3.63) is 46.6 Å². The van der Waals surface area contributed by atoms with Gasteiger partial charge in [-0.2, -0.15) is 10.1 Å². The van der Waals surface area contributed by atoms with Crippen LogP contribution in [0.15, 0.2) is 35.3 Å². The van der Waals surface area contributed by atoms with Crippen molar-refractivity contribution in [2.45, 2.75) is 38.0 Å². The van der Waals surface area contributed by atoms with Gasteiger partial charge in [-0.25, -0.2) is 4.79 Å². The van der Waals surface area contributed by atoms with E-state index in [2.05, 4.69) is 20.2 Å². The predicted molar refractivity (Wildman–Crippen MR) is 85.8 cm³/mol. The summed E-state index contributed by atoms with van der Waals surface area (Å²) in [4.78, 5) is 19.0. The SMILES string of the molecule is O=c1nc(-c2ccc3[nH]ncc3c2)cc(C2CCCCC2)[nH]1. The van der Waals surface area contributed by atoms with Crippen LogP contribution >= 0.6 is 0 Å². The van der Waals surface area contributed by atoms with Crippen LogP contribution in [0.3, 0.4) is 0 Å². The quantitative estimate of drug-likeness (QED) is 0.761. The van der Waals surface area contributed by atoms with Gasteiger partial charge >= 0.3 is 5.69 Å². The third-order valence-corrected chi connectivity index (χ3v) is 4.55. The molecule has 0 radical (unpaired) electrons. The molecule has 0 bridgehead atoms. The van der Waals surface area contributed by atoms with Crippen molar-refractivity contribution in [2.24, 2.45) is 0 Å². The third kappa shape index (κ3) is 2.43. The molecule has 0 aliphatic heterocycles. The Hall–Kier alpha value is -2.43. The first-order valence-corrected chi connectivity index (χ1v) is 7.84. The second-order valence-electron chi connectivity index (χ2n) is 6.03. The molecule has 0 spiro atoms. The predicted octanol–water partition coefficient (Wildman–Crippen LogP) is 3.36. The molecule has 0 saturated heterocycles.